The van der Waals surface area contributed by atoms with Crippen LogP contribution < -0.4 is 10.0 Å². The third-order valence-electron chi connectivity index (χ3n) is 2.60. The minimum atomic E-state index is -1.15. The molecule has 0 aliphatic carbocycles. The molecule has 0 radical (unpaired) electrons. The first-order valence-corrected chi connectivity index (χ1v) is 5.92. The summed E-state index contributed by atoms with van der Waals surface area (Å²) in [6, 6.07) is 7.40. The highest BCUT2D eigenvalue weighted by atomic mass is 127. The maximum atomic E-state index is 11.6. The third kappa shape index (κ3) is 2.18. The van der Waals surface area contributed by atoms with E-state index in [0.29, 0.717) is 0 Å². The zero-order chi connectivity index (χ0) is 11.7. The van der Waals surface area contributed by atoms with Crippen LogP contribution in [0.1, 0.15) is 6.42 Å². The SMILES string of the molecule is O=C([O-])[C@@H]1CC(=O)N(c2ccc(I)cc2)C1. The first-order valence-electron chi connectivity index (χ1n) is 4.84. The second-order valence-electron chi connectivity index (χ2n) is 3.70. The van der Waals surface area contributed by atoms with Crippen LogP contribution >= 0.6 is 22.6 Å². The highest BCUT2D eigenvalue weighted by Crippen LogP contribution is 2.25. The summed E-state index contributed by atoms with van der Waals surface area (Å²) in [6.07, 6.45) is 0.0360. The molecule has 84 valence electrons. The standard InChI is InChI=1S/C11H10INO3/c12-8-1-3-9(4-2-8)13-6-7(11(15)16)5-10(13)14/h1-4,7H,5-6H2,(H,15,16)/p-1/t7-/m1/s1. The molecule has 0 saturated carbocycles. The summed E-state index contributed by atoms with van der Waals surface area (Å²) >= 11 is 2.17. The molecule has 16 heavy (non-hydrogen) atoms. The monoisotopic (exact) mass is 330 g/mol. The molecule has 1 aliphatic rings. The lowest BCUT2D eigenvalue weighted by Crippen LogP contribution is -2.33. The normalized spacial score (nSPS) is 20.2. The summed E-state index contributed by atoms with van der Waals surface area (Å²) in [6.45, 7) is 0.210. The molecule has 5 heteroatoms. The van der Waals surface area contributed by atoms with Crippen molar-refractivity contribution < 1.29 is 14.7 Å². The second-order valence-corrected chi connectivity index (χ2v) is 4.95. The van der Waals surface area contributed by atoms with Gasteiger partial charge in [-0.3, -0.25) is 4.79 Å². The van der Waals surface area contributed by atoms with Crippen LogP contribution in [0.4, 0.5) is 5.69 Å². The number of anilines is 1. The van der Waals surface area contributed by atoms with Crippen LogP contribution in [-0.2, 0) is 9.59 Å². The zero-order valence-corrected chi connectivity index (χ0v) is 10.5. The summed E-state index contributed by atoms with van der Waals surface area (Å²) in [4.78, 5) is 23.8. The predicted molar refractivity (Wildman–Crippen MR) is 64.6 cm³/mol. The Labute approximate surface area is 106 Å². The molecule has 0 spiro atoms. The fourth-order valence-corrected chi connectivity index (χ4v) is 2.10. The van der Waals surface area contributed by atoms with E-state index in [4.69, 9.17) is 0 Å². The van der Waals surface area contributed by atoms with Crippen molar-refractivity contribution in [2.75, 3.05) is 11.4 Å². The first kappa shape index (κ1) is 11.4. The van der Waals surface area contributed by atoms with Gasteiger partial charge < -0.3 is 14.8 Å². The molecule has 1 aromatic rings. The number of benzene rings is 1. The van der Waals surface area contributed by atoms with Gasteiger partial charge in [-0.2, -0.15) is 0 Å². The Morgan fingerprint density at radius 3 is 2.50 bits per heavy atom. The Morgan fingerprint density at radius 1 is 1.38 bits per heavy atom. The third-order valence-corrected chi connectivity index (χ3v) is 3.32. The molecular weight excluding hydrogens is 321 g/mol. The maximum Gasteiger partial charge on any atom is 0.227 e. The smallest absolute Gasteiger partial charge is 0.227 e. The number of carboxylic acid groups (broad SMARTS) is 1. The number of nitrogens with zero attached hydrogens (tertiary/aromatic N) is 1. The van der Waals surface area contributed by atoms with Gasteiger partial charge in [0.1, 0.15) is 0 Å². The Hall–Kier alpha value is -1.11. The van der Waals surface area contributed by atoms with Gasteiger partial charge in [-0.25, -0.2) is 0 Å². The molecule has 0 N–H and O–H groups in total. The summed E-state index contributed by atoms with van der Waals surface area (Å²) in [5.41, 5.74) is 0.745. The molecule has 1 heterocycles. The molecule has 1 aromatic carbocycles. The molecule has 4 nitrogen and oxygen atoms in total. The summed E-state index contributed by atoms with van der Waals surface area (Å²) in [5, 5.41) is 10.7. The van der Waals surface area contributed by atoms with Gasteiger partial charge >= 0.3 is 0 Å². The number of halogens is 1. The number of carbonyl (C=O) groups is 2. The van der Waals surface area contributed by atoms with Crippen molar-refractivity contribution in [3.05, 3.63) is 27.8 Å². The number of rotatable bonds is 2. The highest BCUT2D eigenvalue weighted by Gasteiger charge is 2.31. The molecule has 0 unspecified atom stereocenters. The van der Waals surface area contributed by atoms with E-state index in [9.17, 15) is 14.7 Å². The number of carbonyl (C=O) groups excluding carboxylic acids is 2. The van der Waals surface area contributed by atoms with Crippen LogP contribution in [0.15, 0.2) is 24.3 Å². The van der Waals surface area contributed by atoms with Gasteiger partial charge in [0.25, 0.3) is 0 Å². The molecule has 0 aromatic heterocycles. The van der Waals surface area contributed by atoms with Gasteiger partial charge in [-0.15, -0.1) is 0 Å². The lowest BCUT2D eigenvalue weighted by atomic mass is 10.1. The number of hydrogen-bond acceptors (Lipinski definition) is 3. The van der Waals surface area contributed by atoms with E-state index in [1.807, 2.05) is 24.3 Å². The van der Waals surface area contributed by atoms with E-state index in [-0.39, 0.29) is 18.9 Å². The lowest BCUT2D eigenvalue weighted by molar-refractivity contribution is -0.310. The average Bonchev–Trinajstić information content (AvgIpc) is 2.62. The van der Waals surface area contributed by atoms with E-state index in [0.717, 1.165) is 9.26 Å². The van der Waals surface area contributed by atoms with Gasteiger partial charge in [0.15, 0.2) is 0 Å². The topological polar surface area (TPSA) is 60.4 Å². The Morgan fingerprint density at radius 2 is 2.00 bits per heavy atom. The van der Waals surface area contributed by atoms with E-state index >= 15 is 0 Å². The van der Waals surface area contributed by atoms with Crippen molar-refractivity contribution in [1.82, 2.24) is 0 Å². The molecule has 1 aliphatic heterocycles. The second kappa shape index (κ2) is 4.40. The highest BCUT2D eigenvalue weighted by molar-refractivity contribution is 14.1. The fraction of sp³-hybridized carbons (Fsp3) is 0.273. The Balaban J connectivity index is 2.20. The van der Waals surface area contributed by atoms with Crippen molar-refractivity contribution in [2.24, 2.45) is 5.92 Å². The number of carboxylic acids is 1. The largest absolute Gasteiger partial charge is 0.550 e. The minimum absolute atomic E-state index is 0.0360. The van der Waals surface area contributed by atoms with Crippen LogP contribution in [0, 0.1) is 9.49 Å². The quantitative estimate of drug-likeness (QED) is 0.738. The molecule has 2 rings (SSSR count). The van der Waals surface area contributed by atoms with Crippen LogP contribution in [0.2, 0.25) is 0 Å². The molecular formula is C11H9INO3-. The van der Waals surface area contributed by atoms with Crippen molar-refractivity contribution in [3.8, 4) is 0 Å². The number of hydrogen-bond donors (Lipinski definition) is 0. The molecule has 1 saturated heterocycles. The number of amides is 1. The lowest BCUT2D eigenvalue weighted by Gasteiger charge is -2.17. The van der Waals surface area contributed by atoms with Gasteiger partial charge in [0.2, 0.25) is 5.91 Å². The molecule has 1 fully saturated rings. The van der Waals surface area contributed by atoms with Crippen LogP contribution in [-0.4, -0.2) is 18.4 Å². The average molecular weight is 330 g/mol. The summed E-state index contributed by atoms with van der Waals surface area (Å²) < 4.78 is 1.07. The van der Waals surface area contributed by atoms with Gasteiger partial charge in [0.05, 0.1) is 0 Å². The molecule has 1 amide bonds. The molecule has 0 bridgehead atoms. The fourth-order valence-electron chi connectivity index (χ4n) is 1.74. The van der Waals surface area contributed by atoms with E-state index in [1.54, 1.807) is 0 Å². The van der Waals surface area contributed by atoms with E-state index in [2.05, 4.69) is 22.6 Å². The Bertz CT molecular complexity index is 429. The van der Waals surface area contributed by atoms with Crippen LogP contribution in [0.3, 0.4) is 0 Å². The Kier molecular flexibility index (Phi) is 3.13. The predicted octanol–water partition coefficient (Wildman–Crippen LogP) is 0.394. The first-order chi connectivity index (χ1) is 7.58. The van der Waals surface area contributed by atoms with E-state index < -0.39 is 11.9 Å². The van der Waals surface area contributed by atoms with Crippen molar-refractivity contribution in [3.63, 3.8) is 0 Å². The van der Waals surface area contributed by atoms with E-state index in [1.165, 1.54) is 4.90 Å². The van der Waals surface area contributed by atoms with Crippen molar-refractivity contribution in [2.45, 2.75) is 6.42 Å². The van der Waals surface area contributed by atoms with Crippen LogP contribution in [0.5, 0.6) is 0 Å². The van der Waals surface area contributed by atoms with Gasteiger partial charge in [-0.1, -0.05) is 0 Å². The number of aliphatic carboxylic acids is 1. The zero-order valence-electron chi connectivity index (χ0n) is 8.35. The summed E-state index contributed by atoms with van der Waals surface area (Å²) in [5.74, 6) is -2.00. The van der Waals surface area contributed by atoms with Crippen LogP contribution in [0.25, 0.3) is 0 Å². The molecule has 1 atom stereocenters. The maximum absolute atomic E-state index is 11.6. The minimum Gasteiger partial charge on any atom is -0.550 e. The van der Waals surface area contributed by atoms with Gasteiger partial charge in [0, 0.05) is 34.1 Å². The van der Waals surface area contributed by atoms with Crippen molar-refractivity contribution >= 4 is 40.2 Å². The summed E-state index contributed by atoms with van der Waals surface area (Å²) in [7, 11) is 0. The van der Waals surface area contributed by atoms with Crippen molar-refractivity contribution in [1.29, 1.82) is 0 Å². The van der Waals surface area contributed by atoms with Gasteiger partial charge in [-0.05, 0) is 46.9 Å².